The van der Waals surface area contributed by atoms with Crippen molar-refractivity contribution in [3.05, 3.63) is 29.3 Å². The molecule has 1 aromatic carbocycles. The SMILES string of the molecule is CCOC(=O)c1ccc(NN=C(C#N)C#N)c(C(=O)OCC)c1. The molecule has 8 nitrogen and oxygen atoms in total. The van der Waals surface area contributed by atoms with E-state index in [1.54, 1.807) is 26.0 Å². The highest BCUT2D eigenvalue weighted by atomic mass is 16.5. The average molecular weight is 314 g/mol. The maximum absolute atomic E-state index is 12.0. The average Bonchev–Trinajstić information content (AvgIpc) is 2.56. The molecular weight excluding hydrogens is 300 g/mol. The number of rotatable bonds is 6. The minimum atomic E-state index is -0.674. The molecule has 0 bridgehead atoms. The number of benzene rings is 1. The van der Waals surface area contributed by atoms with E-state index in [-0.39, 0.29) is 30.0 Å². The molecule has 0 atom stereocenters. The number of carbonyl (C=O) groups excluding carboxylic acids is 2. The van der Waals surface area contributed by atoms with Crippen molar-refractivity contribution in [2.24, 2.45) is 5.10 Å². The summed E-state index contributed by atoms with van der Waals surface area (Å²) in [6.07, 6.45) is 0. The highest BCUT2D eigenvalue weighted by Gasteiger charge is 2.17. The van der Waals surface area contributed by atoms with Crippen LogP contribution in [0.2, 0.25) is 0 Å². The fourth-order valence-corrected chi connectivity index (χ4v) is 1.55. The zero-order valence-corrected chi connectivity index (χ0v) is 12.6. The predicted molar refractivity (Wildman–Crippen MR) is 80.6 cm³/mol. The van der Waals surface area contributed by atoms with Crippen LogP contribution >= 0.6 is 0 Å². The quantitative estimate of drug-likeness (QED) is 0.482. The van der Waals surface area contributed by atoms with Crippen LogP contribution in [-0.2, 0) is 9.47 Å². The molecule has 8 heteroatoms. The number of esters is 2. The maximum atomic E-state index is 12.0. The number of nitrogens with zero attached hydrogens (tertiary/aromatic N) is 3. The second kappa shape index (κ2) is 8.80. The van der Waals surface area contributed by atoms with Gasteiger partial charge < -0.3 is 9.47 Å². The van der Waals surface area contributed by atoms with Gasteiger partial charge in [-0.05, 0) is 32.0 Å². The van der Waals surface area contributed by atoms with E-state index in [4.69, 9.17) is 20.0 Å². The first-order valence-corrected chi connectivity index (χ1v) is 6.69. The van der Waals surface area contributed by atoms with Gasteiger partial charge in [-0.3, -0.25) is 5.43 Å². The Labute approximate surface area is 132 Å². The zero-order valence-electron chi connectivity index (χ0n) is 12.6. The molecular formula is C15H14N4O4. The normalized spacial score (nSPS) is 9.04. The summed E-state index contributed by atoms with van der Waals surface area (Å²) in [7, 11) is 0. The van der Waals surface area contributed by atoms with Crippen molar-refractivity contribution in [1.29, 1.82) is 10.5 Å². The van der Waals surface area contributed by atoms with Gasteiger partial charge in [-0.1, -0.05) is 0 Å². The molecule has 1 aromatic rings. The second-order valence-corrected chi connectivity index (χ2v) is 4.00. The fourth-order valence-electron chi connectivity index (χ4n) is 1.55. The number of nitrogens with one attached hydrogen (secondary N) is 1. The number of hydrogen-bond donors (Lipinski definition) is 1. The van der Waals surface area contributed by atoms with E-state index >= 15 is 0 Å². The van der Waals surface area contributed by atoms with Crippen LogP contribution in [0.3, 0.4) is 0 Å². The van der Waals surface area contributed by atoms with Crippen molar-refractivity contribution in [3.8, 4) is 12.1 Å². The van der Waals surface area contributed by atoms with Crippen LogP contribution in [0, 0.1) is 22.7 Å². The van der Waals surface area contributed by atoms with Gasteiger partial charge in [0.1, 0.15) is 12.1 Å². The minimum Gasteiger partial charge on any atom is -0.462 e. The van der Waals surface area contributed by atoms with Gasteiger partial charge in [-0.2, -0.15) is 15.6 Å². The predicted octanol–water partition coefficient (Wildman–Crippen LogP) is 1.86. The molecule has 1 rings (SSSR count). The lowest BCUT2D eigenvalue weighted by Gasteiger charge is -2.10. The number of anilines is 1. The third kappa shape index (κ3) is 4.83. The molecule has 0 aliphatic heterocycles. The monoisotopic (exact) mass is 314 g/mol. The summed E-state index contributed by atoms with van der Waals surface area (Å²) in [6, 6.07) is 7.29. The van der Waals surface area contributed by atoms with E-state index in [1.807, 2.05) is 0 Å². The van der Waals surface area contributed by atoms with Gasteiger partial charge in [-0.15, -0.1) is 0 Å². The number of ether oxygens (including phenoxy) is 2. The van der Waals surface area contributed by atoms with Crippen molar-refractivity contribution < 1.29 is 19.1 Å². The Kier molecular flexibility index (Phi) is 6.76. The highest BCUT2D eigenvalue weighted by Crippen LogP contribution is 2.20. The van der Waals surface area contributed by atoms with E-state index in [0.717, 1.165) is 0 Å². The van der Waals surface area contributed by atoms with Gasteiger partial charge >= 0.3 is 11.9 Å². The van der Waals surface area contributed by atoms with Crippen molar-refractivity contribution in [2.75, 3.05) is 18.6 Å². The molecule has 0 fully saturated rings. The molecule has 0 amide bonds. The molecule has 0 saturated carbocycles. The van der Waals surface area contributed by atoms with Gasteiger partial charge in [0.15, 0.2) is 0 Å². The van der Waals surface area contributed by atoms with Crippen LogP contribution in [0.5, 0.6) is 0 Å². The van der Waals surface area contributed by atoms with Gasteiger partial charge in [0.2, 0.25) is 5.71 Å². The van der Waals surface area contributed by atoms with Gasteiger partial charge in [-0.25, -0.2) is 9.59 Å². The van der Waals surface area contributed by atoms with E-state index in [1.165, 1.54) is 18.2 Å². The van der Waals surface area contributed by atoms with E-state index in [9.17, 15) is 9.59 Å². The number of carbonyl (C=O) groups is 2. The van der Waals surface area contributed by atoms with Crippen molar-refractivity contribution >= 4 is 23.3 Å². The third-order valence-electron chi connectivity index (χ3n) is 2.53. The van der Waals surface area contributed by atoms with Gasteiger partial charge in [0.05, 0.1) is 30.0 Å². The van der Waals surface area contributed by atoms with Crippen LogP contribution in [0.25, 0.3) is 0 Å². The van der Waals surface area contributed by atoms with Crippen LogP contribution < -0.4 is 5.43 Å². The van der Waals surface area contributed by atoms with Crippen LogP contribution in [0.1, 0.15) is 34.6 Å². The molecule has 0 aliphatic carbocycles. The number of nitriles is 2. The Morgan fingerprint density at radius 2 is 1.74 bits per heavy atom. The Morgan fingerprint density at radius 1 is 1.13 bits per heavy atom. The van der Waals surface area contributed by atoms with Crippen LogP contribution in [-0.4, -0.2) is 30.9 Å². The lowest BCUT2D eigenvalue weighted by atomic mass is 10.1. The zero-order chi connectivity index (χ0) is 17.2. The molecule has 0 heterocycles. The summed E-state index contributed by atoms with van der Waals surface area (Å²) < 4.78 is 9.78. The third-order valence-corrected chi connectivity index (χ3v) is 2.53. The standard InChI is InChI=1S/C15H14N4O4/c1-3-22-14(20)10-5-6-13(19-18-11(8-16)9-17)12(7-10)15(21)23-4-2/h5-7,19H,3-4H2,1-2H3. The number of hydrazone groups is 1. The molecule has 0 radical (unpaired) electrons. The minimum absolute atomic E-state index is 0.0383. The molecule has 1 N–H and O–H groups in total. The molecule has 0 aliphatic rings. The lowest BCUT2D eigenvalue weighted by Crippen LogP contribution is -2.11. The first kappa shape index (κ1) is 17.7. The fraction of sp³-hybridized carbons (Fsp3) is 0.267. The van der Waals surface area contributed by atoms with Crippen molar-refractivity contribution in [2.45, 2.75) is 13.8 Å². The number of hydrogen-bond acceptors (Lipinski definition) is 8. The summed E-state index contributed by atoms with van der Waals surface area (Å²) in [5.41, 5.74) is 2.44. The lowest BCUT2D eigenvalue weighted by molar-refractivity contribution is 0.0526. The Hall–Kier alpha value is -3.39. The van der Waals surface area contributed by atoms with E-state index in [0.29, 0.717) is 0 Å². The Morgan fingerprint density at radius 3 is 2.30 bits per heavy atom. The summed E-state index contributed by atoms with van der Waals surface area (Å²) in [5.74, 6) is -1.25. The van der Waals surface area contributed by atoms with E-state index in [2.05, 4.69) is 10.5 Å². The second-order valence-electron chi connectivity index (χ2n) is 4.00. The maximum Gasteiger partial charge on any atom is 0.340 e. The van der Waals surface area contributed by atoms with Gasteiger partial charge in [0.25, 0.3) is 0 Å². The van der Waals surface area contributed by atoms with E-state index < -0.39 is 17.7 Å². The molecule has 118 valence electrons. The van der Waals surface area contributed by atoms with Gasteiger partial charge in [0, 0.05) is 0 Å². The van der Waals surface area contributed by atoms with Crippen LogP contribution in [0.4, 0.5) is 5.69 Å². The molecule has 0 saturated heterocycles. The first-order valence-electron chi connectivity index (χ1n) is 6.69. The smallest absolute Gasteiger partial charge is 0.340 e. The topological polar surface area (TPSA) is 125 Å². The molecule has 23 heavy (non-hydrogen) atoms. The van der Waals surface area contributed by atoms with Crippen molar-refractivity contribution in [1.82, 2.24) is 0 Å². The Balaban J connectivity index is 3.22. The largest absolute Gasteiger partial charge is 0.462 e. The summed E-state index contributed by atoms with van der Waals surface area (Å²) >= 11 is 0. The first-order chi connectivity index (χ1) is 11.1. The summed E-state index contributed by atoms with van der Waals surface area (Å²) in [6.45, 7) is 3.65. The summed E-state index contributed by atoms with van der Waals surface area (Å²) in [5, 5.41) is 20.9. The Bertz CT molecular complexity index is 697. The highest BCUT2D eigenvalue weighted by molar-refractivity contribution is 6.10. The molecule has 0 spiro atoms. The van der Waals surface area contributed by atoms with Crippen molar-refractivity contribution in [3.63, 3.8) is 0 Å². The van der Waals surface area contributed by atoms with Crippen LogP contribution in [0.15, 0.2) is 23.3 Å². The summed E-state index contributed by atoms with van der Waals surface area (Å²) in [4.78, 5) is 23.7. The molecule has 0 aromatic heterocycles. The molecule has 0 unspecified atom stereocenters.